The first-order chi connectivity index (χ1) is 7.58. The standard InChI is InChI=1S/C10H16BrN3O2/c1-3-4-9(5-11)7-13-6-8(2)10(12-13)14(15)16/h6,9H,3-5,7H2,1-2H3. The molecule has 90 valence electrons. The molecule has 1 heterocycles. The molecule has 0 bridgehead atoms. The maximum atomic E-state index is 10.6. The highest BCUT2D eigenvalue weighted by Crippen LogP contribution is 2.17. The summed E-state index contributed by atoms with van der Waals surface area (Å²) in [7, 11) is 0. The van der Waals surface area contributed by atoms with E-state index in [1.807, 2.05) is 0 Å². The van der Waals surface area contributed by atoms with Crippen LogP contribution in [0, 0.1) is 23.0 Å². The minimum atomic E-state index is -0.436. The van der Waals surface area contributed by atoms with Gasteiger partial charge in [0.1, 0.15) is 0 Å². The second-order valence-electron chi connectivity index (χ2n) is 3.92. The third kappa shape index (κ3) is 3.30. The molecule has 0 fully saturated rings. The van der Waals surface area contributed by atoms with Gasteiger partial charge in [0.15, 0.2) is 0 Å². The monoisotopic (exact) mass is 289 g/mol. The number of aryl methyl sites for hydroxylation is 1. The molecule has 1 aromatic rings. The number of hydrogen-bond acceptors (Lipinski definition) is 3. The van der Waals surface area contributed by atoms with Crippen LogP contribution < -0.4 is 0 Å². The van der Waals surface area contributed by atoms with Crippen molar-refractivity contribution in [2.45, 2.75) is 33.2 Å². The fourth-order valence-electron chi connectivity index (χ4n) is 1.67. The largest absolute Gasteiger partial charge is 0.392 e. The first-order valence-corrected chi connectivity index (χ1v) is 6.45. The molecular formula is C10H16BrN3O2. The number of nitrogens with zero attached hydrogens (tertiary/aromatic N) is 3. The number of rotatable bonds is 6. The molecule has 0 aliphatic rings. The lowest BCUT2D eigenvalue weighted by atomic mass is 10.1. The van der Waals surface area contributed by atoms with Crippen LogP contribution in [-0.4, -0.2) is 20.0 Å². The van der Waals surface area contributed by atoms with Crippen LogP contribution in [0.4, 0.5) is 5.82 Å². The molecule has 1 aromatic heterocycles. The molecule has 0 radical (unpaired) electrons. The summed E-state index contributed by atoms with van der Waals surface area (Å²) in [4.78, 5) is 10.2. The zero-order chi connectivity index (χ0) is 12.1. The van der Waals surface area contributed by atoms with Crippen molar-refractivity contribution in [3.8, 4) is 0 Å². The molecule has 6 heteroatoms. The van der Waals surface area contributed by atoms with Crippen molar-refractivity contribution in [3.63, 3.8) is 0 Å². The summed E-state index contributed by atoms with van der Waals surface area (Å²) in [6, 6.07) is 0. The average Bonchev–Trinajstić information content (AvgIpc) is 2.59. The molecule has 0 aliphatic heterocycles. The Morgan fingerprint density at radius 1 is 1.69 bits per heavy atom. The lowest BCUT2D eigenvalue weighted by molar-refractivity contribution is -0.390. The van der Waals surface area contributed by atoms with E-state index in [-0.39, 0.29) is 5.82 Å². The Labute approximate surface area is 103 Å². The summed E-state index contributed by atoms with van der Waals surface area (Å²) in [6.07, 6.45) is 3.94. The first-order valence-electron chi connectivity index (χ1n) is 5.32. The smallest absolute Gasteiger partial charge is 0.358 e. The van der Waals surface area contributed by atoms with Crippen LogP contribution in [0.5, 0.6) is 0 Å². The van der Waals surface area contributed by atoms with Crippen molar-refractivity contribution < 1.29 is 4.92 Å². The van der Waals surface area contributed by atoms with Gasteiger partial charge in [-0.3, -0.25) is 0 Å². The Morgan fingerprint density at radius 3 is 2.81 bits per heavy atom. The van der Waals surface area contributed by atoms with Gasteiger partial charge in [-0.25, -0.2) is 0 Å². The summed E-state index contributed by atoms with van der Waals surface area (Å²) in [5.41, 5.74) is 0.620. The lowest BCUT2D eigenvalue weighted by Gasteiger charge is -2.09. The highest BCUT2D eigenvalue weighted by molar-refractivity contribution is 9.09. The lowest BCUT2D eigenvalue weighted by Crippen LogP contribution is -2.12. The van der Waals surface area contributed by atoms with E-state index in [9.17, 15) is 10.1 Å². The van der Waals surface area contributed by atoms with Gasteiger partial charge in [0, 0.05) is 5.33 Å². The van der Waals surface area contributed by atoms with E-state index in [0.717, 1.165) is 24.7 Å². The second kappa shape index (κ2) is 5.98. The average molecular weight is 290 g/mol. The van der Waals surface area contributed by atoms with Gasteiger partial charge in [0.05, 0.1) is 23.4 Å². The maximum Gasteiger partial charge on any atom is 0.392 e. The normalized spacial score (nSPS) is 12.7. The van der Waals surface area contributed by atoms with Crippen molar-refractivity contribution in [1.29, 1.82) is 0 Å². The maximum absolute atomic E-state index is 10.6. The molecule has 0 aliphatic carbocycles. The Hall–Kier alpha value is -0.910. The third-order valence-corrected chi connectivity index (χ3v) is 3.37. The van der Waals surface area contributed by atoms with Crippen LogP contribution in [-0.2, 0) is 6.54 Å². The van der Waals surface area contributed by atoms with E-state index in [2.05, 4.69) is 28.0 Å². The quantitative estimate of drug-likeness (QED) is 0.460. The van der Waals surface area contributed by atoms with E-state index in [4.69, 9.17) is 0 Å². The zero-order valence-electron chi connectivity index (χ0n) is 9.52. The van der Waals surface area contributed by atoms with Gasteiger partial charge >= 0.3 is 5.82 Å². The molecule has 0 saturated carbocycles. The van der Waals surface area contributed by atoms with Gasteiger partial charge in [-0.2, -0.15) is 4.68 Å². The molecule has 1 rings (SSSR count). The van der Waals surface area contributed by atoms with Gasteiger partial charge in [-0.05, 0) is 24.2 Å². The van der Waals surface area contributed by atoms with Crippen molar-refractivity contribution >= 4 is 21.7 Å². The number of aromatic nitrogens is 2. The van der Waals surface area contributed by atoms with E-state index >= 15 is 0 Å². The fourth-order valence-corrected chi connectivity index (χ4v) is 2.20. The summed E-state index contributed by atoms with van der Waals surface area (Å²) < 4.78 is 1.68. The predicted molar refractivity (Wildman–Crippen MR) is 65.8 cm³/mol. The Balaban J connectivity index is 2.73. The molecule has 1 unspecified atom stereocenters. The predicted octanol–water partition coefficient (Wildman–Crippen LogP) is 2.91. The number of halogens is 1. The molecule has 0 amide bonds. The molecule has 16 heavy (non-hydrogen) atoms. The Bertz CT molecular complexity index is 365. The van der Waals surface area contributed by atoms with Gasteiger partial charge in [-0.1, -0.05) is 29.3 Å². The van der Waals surface area contributed by atoms with E-state index in [0.29, 0.717) is 11.5 Å². The van der Waals surface area contributed by atoms with Crippen molar-refractivity contribution in [3.05, 3.63) is 21.9 Å². The summed E-state index contributed by atoms with van der Waals surface area (Å²) in [6.45, 7) is 4.57. The van der Waals surface area contributed by atoms with E-state index < -0.39 is 4.92 Å². The van der Waals surface area contributed by atoms with Gasteiger partial charge < -0.3 is 10.1 Å². The van der Waals surface area contributed by atoms with Crippen LogP contribution in [0.1, 0.15) is 25.3 Å². The van der Waals surface area contributed by atoms with Gasteiger partial charge in [0.25, 0.3) is 0 Å². The molecule has 0 saturated heterocycles. The van der Waals surface area contributed by atoms with Gasteiger partial charge in [-0.15, -0.1) is 0 Å². The minimum Gasteiger partial charge on any atom is -0.358 e. The van der Waals surface area contributed by atoms with E-state index in [1.165, 1.54) is 0 Å². The second-order valence-corrected chi connectivity index (χ2v) is 4.57. The van der Waals surface area contributed by atoms with Crippen LogP contribution >= 0.6 is 15.9 Å². The molecule has 0 N–H and O–H groups in total. The molecule has 0 aromatic carbocycles. The van der Waals surface area contributed by atoms with Crippen LogP contribution in [0.25, 0.3) is 0 Å². The van der Waals surface area contributed by atoms with Crippen LogP contribution in [0.3, 0.4) is 0 Å². The first kappa shape index (κ1) is 13.2. The zero-order valence-corrected chi connectivity index (χ0v) is 11.1. The molecule has 0 spiro atoms. The van der Waals surface area contributed by atoms with Crippen molar-refractivity contribution in [1.82, 2.24) is 9.78 Å². The molecule has 1 atom stereocenters. The SMILES string of the molecule is CCCC(CBr)Cn1cc(C)c([N+](=O)[O-])n1. The third-order valence-electron chi connectivity index (χ3n) is 2.45. The summed E-state index contributed by atoms with van der Waals surface area (Å²) >= 11 is 3.45. The summed E-state index contributed by atoms with van der Waals surface area (Å²) in [5, 5.41) is 15.5. The Kier molecular flexibility index (Phi) is 4.92. The van der Waals surface area contributed by atoms with E-state index in [1.54, 1.807) is 17.8 Å². The fraction of sp³-hybridized carbons (Fsp3) is 0.700. The number of hydrogen-bond donors (Lipinski definition) is 0. The number of nitro groups is 1. The highest BCUT2D eigenvalue weighted by atomic mass is 79.9. The van der Waals surface area contributed by atoms with Crippen LogP contribution in [0.2, 0.25) is 0 Å². The summed E-state index contributed by atoms with van der Waals surface area (Å²) in [5.74, 6) is 0.439. The highest BCUT2D eigenvalue weighted by Gasteiger charge is 2.18. The molecular weight excluding hydrogens is 274 g/mol. The minimum absolute atomic E-state index is 0.0372. The van der Waals surface area contributed by atoms with Crippen molar-refractivity contribution in [2.75, 3.05) is 5.33 Å². The number of alkyl halides is 1. The Morgan fingerprint density at radius 2 is 2.38 bits per heavy atom. The van der Waals surface area contributed by atoms with Gasteiger partial charge in [0.2, 0.25) is 0 Å². The van der Waals surface area contributed by atoms with Crippen LogP contribution in [0.15, 0.2) is 6.20 Å². The molecule has 5 nitrogen and oxygen atoms in total. The van der Waals surface area contributed by atoms with Crippen molar-refractivity contribution in [2.24, 2.45) is 5.92 Å². The topological polar surface area (TPSA) is 61.0 Å².